The largest absolute Gasteiger partial charge is 0.573 e. The Morgan fingerprint density at radius 3 is 2.35 bits per heavy atom. The molecule has 1 N–H and O–H groups in total. The smallest absolute Gasteiger partial charge is 0.406 e. The second kappa shape index (κ2) is 6.45. The van der Waals surface area contributed by atoms with E-state index >= 15 is 0 Å². The van der Waals surface area contributed by atoms with Crippen LogP contribution in [-0.4, -0.2) is 24.7 Å². The predicted molar refractivity (Wildman–Crippen MR) is 66.2 cm³/mol. The Labute approximate surface area is 115 Å². The predicted octanol–water partition coefficient (Wildman–Crippen LogP) is 3.44. The molecule has 1 unspecified atom stereocenters. The van der Waals surface area contributed by atoms with Gasteiger partial charge in [-0.25, -0.2) is 0 Å². The van der Waals surface area contributed by atoms with Crippen LogP contribution in [0.15, 0.2) is 24.3 Å². The minimum atomic E-state index is -4.69. The van der Waals surface area contributed by atoms with Gasteiger partial charge in [-0.05, 0) is 42.9 Å². The van der Waals surface area contributed by atoms with E-state index in [-0.39, 0.29) is 5.75 Å². The second-order valence-corrected chi connectivity index (χ2v) is 4.92. The molecule has 0 bridgehead atoms. The number of hydrogen-bond acceptors (Lipinski definition) is 3. The topological polar surface area (TPSA) is 38.7 Å². The molecular weight excluding hydrogens is 273 g/mol. The van der Waals surface area contributed by atoms with Crippen LogP contribution >= 0.6 is 0 Å². The molecule has 112 valence electrons. The average Bonchev–Trinajstić information content (AvgIpc) is 2.39. The van der Waals surface area contributed by atoms with E-state index in [1.165, 1.54) is 24.3 Å². The van der Waals surface area contributed by atoms with Gasteiger partial charge in [-0.2, -0.15) is 0 Å². The highest BCUT2D eigenvalue weighted by atomic mass is 19.4. The lowest BCUT2D eigenvalue weighted by molar-refractivity contribution is -0.274. The fourth-order valence-corrected chi connectivity index (χ4v) is 2.33. The normalized spacial score (nSPS) is 18.8. The van der Waals surface area contributed by atoms with Crippen molar-refractivity contribution in [3.63, 3.8) is 0 Å². The van der Waals surface area contributed by atoms with E-state index in [2.05, 4.69) is 4.74 Å². The SMILES string of the molecule is OC(CC1CCOCC1)c1ccc(OC(F)(F)F)cc1. The summed E-state index contributed by atoms with van der Waals surface area (Å²) in [6.07, 6.45) is -2.94. The molecule has 1 aliphatic heterocycles. The lowest BCUT2D eigenvalue weighted by Gasteiger charge is -2.24. The van der Waals surface area contributed by atoms with Crippen LogP contribution in [0.5, 0.6) is 5.75 Å². The van der Waals surface area contributed by atoms with Gasteiger partial charge in [-0.15, -0.1) is 13.2 Å². The number of rotatable bonds is 4. The van der Waals surface area contributed by atoms with Crippen molar-refractivity contribution in [3.05, 3.63) is 29.8 Å². The molecule has 0 spiro atoms. The first kappa shape index (κ1) is 15.1. The van der Waals surface area contributed by atoms with Crippen LogP contribution in [0.4, 0.5) is 13.2 Å². The average molecular weight is 290 g/mol. The minimum absolute atomic E-state index is 0.278. The maximum absolute atomic E-state index is 12.0. The Balaban J connectivity index is 1.91. The number of alkyl halides is 3. The molecule has 1 aromatic rings. The van der Waals surface area contributed by atoms with Crippen molar-refractivity contribution in [2.24, 2.45) is 5.92 Å². The number of aliphatic hydroxyl groups excluding tert-OH is 1. The third kappa shape index (κ3) is 4.68. The van der Waals surface area contributed by atoms with Crippen molar-refractivity contribution in [1.82, 2.24) is 0 Å². The van der Waals surface area contributed by atoms with Gasteiger partial charge in [0, 0.05) is 13.2 Å². The van der Waals surface area contributed by atoms with Crippen LogP contribution in [0.3, 0.4) is 0 Å². The van der Waals surface area contributed by atoms with E-state index < -0.39 is 12.5 Å². The van der Waals surface area contributed by atoms with Crippen LogP contribution in [-0.2, 0) is 4.74 Å². The zero-order valence-electron chi connectivity index (χ0n) is 10.9. The number of benzene rings is 1. The van der Waals surface area contributed by atoms with E-state index in [1.54, 1.807) is 0 Å². The van der Waals surface area contributed by atoms with Crippen LogP contribution in [0.2, 0.25) is 0 Å². The Morgan fingerprint density at radius 1 is 1.20 bits per heavy atom. The molecule has 1 saturated heterocycles. The van der Waals surface area contributed by atoms with E-state index in [4.69, 9.17) is 4.74 Å². The molecule has 0 amide bonds. The van der Waals surface area contributed by atoms with Crippen LogP contribution < -0.4 is 4.74 Å². The Morgan fingerprint density at radius 2 is 1.80 bits per heavy atom. The van der Waals surface area contributed by atoms with Crippen LogP contribution in [0, 0.1) is 5.92 Å². The number of hydrogen-bond donors (Lipinski definition) is 1. The second-order valence-electron chi connectivity index (χ2n) is 4.92. The molecule has 1 atom stereocenters. The number of aliphatic hydroxyl groups is 1. The highest BCUT2D eigenvalue weighted by molar-refractivity contribution is 5.28. The summed E-state index contributed by atoms with van der Waals surface area (Å²) in [6.45, 7) is 1.41. The molecule has 0 saturated carbocycles. The summed E-state index contributed by atoms with van der Waals surface area (Å²) in [5.41, 5.74) is 0.603. The summed E-state index contributed by atoms with van der Waals surface area (Å²) in [4.78, 5) is 0. The van der Waals surface area contributed by atoms with Crippen molar-refractivity contribution in [3.8, 4) is 5.75 Å². The fourth-order valence-electron chi connectivity index (χ4n) is 2.33. The first-order valence-corrected chi connectivity index (χ1v) is 6.55. The van der Waals surface area contributed by atoms with Gasteiger partial charge in [-0.3, -0.25) is 0 Å². The van der Waals surface area contributed by atoms with Crippen LogP contribution in [0.1, 0.15) is 30.9 Å². The Hall–Kier alpha value is -1.27. The molecule has 1 fully saturated rings. The zero-order chi connectivity index (χ0) is 14.6. The maximum Gasteiger partial charge on any atom is 0.573 e. The molecular formula is C14H17F3O3. The lowest BCUT2D eigenvalue weighted by Crippen LogP contribution is -2.18. The first-order chi connectivity index (χ1) is 9.44. The molecule has 0 radical (unpaired) electrons. The monoisotopic (exact) mass is 290 g/mol. The maximum atomic E-state index is 12.0. The van der Waals surface area contributed by atoms with Gasteiger partial charge in [0.1, 0.15) is 5.75 Å². The minimum Gasteiger partial charge on any atom is -0.406 e. The third-order valence-corrected chi connectivity index (χ3v) is 3.40. The van der Waals surface area contributed by atoms with Gasteiger partial charge >= 0.3 is 6.36 Å². The summed E-state index contributed by atoms with van der Waals surface area (Å²) >= 11 is 0. The highest BCUT2D eigenvalue weighted by Crippen LogP contribution is 2.29. The zero-order valence-corrected chi connectivity index (χ0v) is 10.9. The fraction of sp³-hybridized carbons (Fsp3) is 0.571. The van der Waals surface area contributed by atoms with Gasteiger partial charge in [-0.1, -0.05) is 12.1 Å². The highest BCUT2D eigenvalue weighted by Gasteiger charge is 2.31. The molecule has 6 heteroatoms. The Bertz CT molecular complexity index is 411. The summed E-state index contributed by atoms with van der Waals surface area (Å²) in [5, 5.41) is 10.1. The van der Waals surface area contributed by atoms with Gasteiger partial charge in [0.25, 0.3) is 0 Å². The third-order valence-electron chi connectivity index (χ3n) is 3.40. The number of ether oxygens (including phenoxy) is 2. The van der Waals surface area contributed by atoms with Crippen molar-refractivity contribution >= 4 is 0 Å². The molecule has 0 aromatic heterocycles. The van der Waals surface area contributed by atoms with Crippen molar-refractivity contribution in [2.45, 2.75) is 31.7 Å². The van der Waals surface area contributed by atoms with Crippen molar-refractivity contribution in [2.75, 3.05) is 13.2 Å². The summed E-state index contributed by atoms with van der Waals surface area (Å²) in [5.74, 6) is 0.115. The molecule has 20 heavy (non-hydrogen) atoms. The van der Waals surface area contributed by atoms with Gasteiger partial charge in [0.2, 0.25) is 0 Å². The van der Waals surface area contributed by atoms with Gasteiger partial charge in [0.05, 0.1) is 6.10 Å². The van der Waals surface area contributed by atoms with Crippen molar-refractivity contribution < 1.29 is 27.8 Å². The van der Waals surface area contributed by atoms with Crippen LogP contribution in [0.25, 0.3) is 0 Å². The summed E-state index contributed by atoms with van der Waals surface area (Å²) in [7, 11) is 0. The Kier molecular flexibility index (Phi) is 4.88. The molecule has 2 rings (SSSR count). The molecule has 1 heterocycles. The van der Waals surface area contributed by atoms with Gasteiger partial charge in [0.15, 0.2) is 0 Å². The standard InChI is InChI=1S/C14H17F3O3/c15-14(16,17)20-12-3-1-11(2-4-12)13(18)9-10-5-7-19-8-6-10/h1-4,10,13,18H,5-9H2. The molecule has 1 aromatic carbocycles. The van der Waals surface area contributed by atoms with Gasteiger partial charge < -0.3 is 14.6 Å². The summed E-state index contributed by atoms with van der Waals surface area (Å²) < 4.78 is 45.1. The summed E-state index contributed by atoms with van der Waals surface area (Å²) in [6, 6.07) is 5.36. The quantitative estimate of drug-likeness (QED) is 0.923. The van der Waals surface area contributed by atoms with E-state index in [1.807, 2.05) is 0 Å². The van der Waals surface area contributed by atoms with E-state index in [0.717, 1.165) is 12.8 Å². The van der Waals surface area contributed by atoms with E-state index in [0.29, 0.717) is 31.1 Å². The molecule has 0 aliphatic carbocycles. The van der Waals surface area contributed by atoms with Crippen molar-refractivity contribution in [1.29, 1.82) is 0 Å². The lowest BCUT2D eigenvalue weighted by atomic mass is 9.91. The molecule has 1 aliphatic rings. The van der Waals surface area contributed by atoms with E-state index in [9.17, 15) is 18.3 Å². The number of halogens is 3. The molecule has 3 nitrogen and oxygen atoms in total. The first-order valence-electron chi connectivity index (χ1n) is 6.55.